The molecule has 3 nitrogen and oxygen atoms in total. The molecule has 1 saturated heterocycles. The zero-order valence-corrected chi connectivity index (χ0v) is 12.5. The molecular formula is C15H22ClNO2. The molecule has 1 N–H and O–H groups in total. The fraction of sp³-hybridized carbons (Fsp3) is 0.600. The first-order valence-corrected chi connectivity index (χ1v) is 7.17. The first kappa shape index (κ1) is 14.6. The second kappa shape index (κ2) is 6.60. The summed E-state index contributed by atoms with van der Waals surface area (Å²) in [4.78, 5) is 0. The molecule has 1 heterocycles. The van der Waals surface area contributed by atoms with Gasteiger partial charge < -0.3 is 14.8 Å². The van der Waals surface area contributed by atoms with E-state index in [4.69, 9.17) is 21.1 Å². The van der Waals surface area contributed by atoms with Gasteiger partial charge in [0.25, 0.3) is 0 Å². The molecule has 0 amide bonds. The van der Waals surface area contributed by atoms with Crippen LogP contribution in [0.3, 0.4) is 0 Å². The van der Waals surface area contributed by atoms with Gasteiger partial charge in [-0.15, -0.1) is 0 Å². The highest BCUT2D eigenvalue weighted by atomic mass is 35.5. The van der Waals surface area contributed by atoms with Gasteiger partial charge in [0.05, 0.1) is 19.3 Å². The van der Waals surface area contributed by atoms with Crippen molar-refractivity contribution in [1.82, 2.24) is 5.32 Å². The number of nitrogens with one attached hydrogen (secondary N) is 1. The molecule has 2 rings (SSSR count). The molecule has 106 valence electrons. The zero-order valence-electron chi connectivity index (χ0n) is 11.8. The molecule has 1 fully saturated rings. The van der Waals surface area contributed by atoms with E-state index < -0.39 is 0 Å². The second-order valence-corrected chi connectivity index (χ2v) is 5.55. The molecule has 1 aliphatic heterocycles. The molecule has 3 atom stereocenters. The summed E-state index contributed by atoms with van der Waals surface area (Å²) in [6.07, 6.45) is 3.73. The van der Waals surface area contributed by atoms with Crippen molar-refractivity contribution >= 4 is 11.6 Å². The van der Waals surface area contributed by atoms with E-state index in [-0.39, 0.29) is 12.1 Å². The normalized spacial score (nSPS) is 24.4. The molecule has 0 radical (unpaired) electrons. The predicted octanol–water partition coefficient (Wildman–Crippen LogP) is 3.05. The van der Waals surface area contributed by atoms with E-state index in [2.05, 4.69) is 12.2 Å². The van der Waals surface area contributed by atoms with Crippen LogP contribution in [0.5, 0.6) is 5.75 Å². The highest BCUT2D eigenvalue weighted by Gasteiger charge is 2.29. The van der Waals surface area contributed by atoms with Crippen LogP contribution in [0, 0.1) is 0 Å². The van der Waals surface area contributed by atoms with Gasteiger partial charge in [-0.05, 0) is 57.0 Å². The van der Waals surface area contributed by atoms with E-state index in [0.717, 1.165) is 35.6 Å². The third kappa shape index (κ3) is 3.62. The lowest BCUT2D eigenvalue weighted by atomic mass is 9.98. The van der Waals surface area contributed by atoms with Crippen molar-refractivity contribution < 1.29 is 9.47 Å². The summed E-state index contributed by atoms with van der Waals surface area (Å²) in [6.45, 7) is 2.13. The largest absolute Gasteiger partial charge is 0.496 e. The number of ether oxygens (including phenoxy) is 2. The van der Waals surface area contributed by atoms with E-state index in [0.29, 0.717) is 6.10 Å². The van der Waals surface area contributed by atoms with Crippen LogP contribution in [0.4, 0.5) is 0 Å². The Morgan fingerprint density at radius 3 is 2.84 bits per heavy atom. The summed E-state index contributed by atoms with van der Waals surface area (Å²) in [5, 5.41) is 4.10. The molecular weight excluding hydrogens is 262 g/mol. The third-order valence-corrected chi connectivity index (χ3v) is 4.00. The Hall–Kier alpha value is -0.770. The van der Waals surface area contributed by atoms with Crippen molar-refractivity contribution in [2.75, 3.05) is 14.2 Å². The van der Waals surface area contributed by atoms with Gasteiger partial charge in [0.2, 0.25) is 0 Å². The van der Waals surface area contributed by atoms with Gasteiger partial charge in [0.15, 0.2) is 0 Å². The fourth-order valence-electron chi connectivity index (χ4n) is 2.69. The van der Waals surface area contributed by atoms with Crippen LogP contribution in [0.15, 0.2) is 18.2 Å². The molecule has 0 saturated carbocycles. The third-order valence-electron chi connectivity index (χ3n) is 3.77. The maximum Gasteiger partial charge on any atom is 0.122 e. The quantitative estimate of drug-likeness (QED) is 0.901. The molecule has 19 heavy (non-hydrogen) atoms. The SMILES string of the molecule is CNC(Cc1cc(Cl)ccc1OC)C1CCC(C)O1. The van der Waals surface area contributed by atoms with Crippen molar-refractivity contribution in [3.8, 4) is 5.75 Å². The highest BCUT2D eigenvalue weighted by molar-refractivity contribution is 6.30. The van der Waals surface area contributed by atoms with Crippen molar-refractivity contribution in [1.29, 1.82) is 0 Å². The molecule has 3 unspecified atom stereocenters. The number of likely N-dealkylation sites (N-methyl/N-ethyl adjacent to an activating group) is 1. The summed E-state index contributed by atoms with van der Waals surface area (Å²) >= 11 is 6.08. The molecule has 0 spiro atoms. The number of methoxy groups -OCH3 is 1. The standard InChI is InChI=1S/C15H22ClNO2/c1-10-4-6-15(19-10)13(17-2)9-11-8-12(16)5-7-14(11)18-3/h5,7-8,10,13,15,17H,4,6,9H2,1-3H3. The summed E-state index contributed by atoms with van der Waals surface area (Å²) in [5.74, 6) is 0.885. The van der Waals surface area contributed by atoms with E-state index in [1.54, 1.807) is 7.11 Å². The highest BCUT2D eigenvalue weighted by Crippen LogP contribution is 2.28. The average Bonchev–Trinajstić information content (AvgIpc) is 2.82. The molecule has 4 heteroatoms. The number of hydrogen-bond acceptors (Lipinski definition) is 3. The topological polar surface area (TPSA) is 30.5 Å². The smallest absolute Gasteiger partial charge is 0.122 e. The molecule has 0 aliphatic carbocycles. The van der Waals surface area contributed by atoms with Gasteiger partial charge >= 0.3 is 0 Å². The fourth-order valence-corrected chi connectivity index (χ4v) is 2.89. The minimum atomic E-state index is 0.267. The lowest BCUT2D eigenvalue weighted by Gasteiger charge is -2.24. The molecule has 0 bridgehead atoms. The number of rotatable bonds is 5. The van der Waals surface area contributed by atoms with Crippen LogP contribution in [0.1, 0.15) is 25.3 Å². The Labute approximate surface area is 120 Å². The van der Waals surface area contributed by atoms with Crippen LogP contribution < -0.4 is 10.1 Å². The van der Waals surface area contributed by atoms with E-state index in [1.165, 1.54) is 0 Å². The number of hydrogen-bond donors (Lipinski definition) is 1. The Morgan fingerprint density at radius 2 is 2.26 bits per heavy atom. The maximum atomic E-state index is 6.08. The van der Waals surface area contributed by atoms with Crippen LogP contribution in [-0.4, -0.2) is 32.4 Å². The van der Waals surface area contributed by atoms with Gasteiger partial charge in [0, 0.05) is 11.1 Å². The number of halogens is 1. The van der Waals surface area contributed by atoms with Gasteiger partial charge in [-0.2, -0.15) is 0 Å². The Kier molecular flexibility index (Phi) is 5.08. The first-order valence-electron chi connectivity index (χ1n) is 6.79. The second-order valence-electron chi connectivity index (χ2n) is 5.12. The molecule has 0 aromatic heterocycles. The summed E-state index contributed by atoms with van der Waals surface area (Å²) in [6, 6.07) is 6.04. The Balaban J connectivity index is 2.11. The van der Waals surface area contributed by atoms with Gasteiger partial charge in [-0.3, -0.25) is 0 Å². The van der Waals surface area contributed by atoms with Crippen molar-refractivity contribution in [3.63, 3.8) is 0 Å². The maximum absolute atomic E-state index is 6.08. The van der Waals surface area contributed by atoms with Crippen molar-refractivity contribution in [3.05, 3.63) is 28.8 Å². The number of benzene rings is 1. The van der Waals surface area contributed by atoms with Crippen molar-refractivity contribution in [2.24, 2.45) is 0 Å². The van der Waals surface area contributed by atoms with Crippen molar-refractivity contribution in [2.45, 2.75) is 44.4 Å². The van der Waals surface area contributed by atoms with Gasteiger partial charge in [-0.1, -0.05) is 11.6 Å². The lowest BCUT2D eigenvalue weighted by molar-refractivity contribution is 0.0336. The molecule has 1 aromatic rings. The lowest BCUT2D eigenvalue weighted by Crippen LogP contribution is -2.39. The Morgan fingerprint density at radius 1 is 1.47 bits per heavy atom. The predicted molar refractivity (Wildman–Crippen MR) is 78.1 cm³/mol. The Bertz CT molecular complexity index is 425. The van der Waals surface area contributed by atoms with Crippen LogP contribution in [-0.2, 0) is 11.2 Å². The van der Waals surface area contributed by atoms with Crippen LogP contribution >= 0.6 is 11.6 Å². The van der Waals surface area contributed by atoms with E-state index in [1.807, 2.05) is 25.2 Å². The summed E-state index contributed by atoms with van der Waals surface area (Å²) in [7, 11) is 3.67. The zero-order chi connectivity index (χ0) is 13.8. The molecule has 1 aromatic carbocycles. The van der Waals surface area contributed by atoms with Crippen LogP contribution in [0.2, 0.25) is 5.02 Å². The molecule has 1 aliphatic rings. The summed E-state index contributed by atoms with van der Waals surface area (Å²) < 4.78 is 11.4. The van der Waals surface area contributed by atoms with Gasteiger partial charge in [0.1, 0.15) is 5.75 Å². The minimum Gasteiger partial charge on any atom is -0.496 e. The van der Waals surface area contributed by atoms with E-state index >= 15 is 0 Å². The summed E-state index contributed by atoms with van der Waals surface area (Å²) in [5.41, 5.74) is 1.12. The monoisotopic (exact) mass is 283 g/mol. The average molecular weight is 284 g/mol. The van der Waals surface area contributed by atoms with Gasteiger partial charge in [-0.25, -0.2) is 0 Å². The van der Waals surface area contributed by atoms with E-state index in [9.17, 15) is 0 Å². The minimum absolute atomic E-state index is 0.267. The van der Waals surface area contributed by atoms with Crippen LogP contribution in [0.25, 0.3) is 0 Å². The first-order chi connectivity index (χ1) is 9.13.